The maximum Gasteiger partial charge on any atom is 0.357 e. The van der Waals surface area contributed by atoms with Gasteiger partial charge in [0.05, 0.1) is 19.3 Å². The monoisotopic (exact) mass is 321 g/mol. The molecule has 0 amide bonds. The van der Waals surface area contributed by atoms with Crippen LogP contribution in [0.2, 0.25) is 0 Å². The number of ether oxygens (including phenoxy) is 2. The number of esters is 1. The SMILES string of the molecule is CCOC(=O)C(C#N)(Cc1ccc(OC)cc1)OOC(C)(C)C. The lowest BCUT2D eigenvalue weighted by molar-refractivity contribution is -0.385. The van der Waals surface area contributed by atoms with Gasteiger partial charge in [-0.2, -0.15) is 5.26 Å². The molecule has 0 aliphatic rings. The molecule has 0 radical (unpaired) electrons. The maximum absolute atomic E-state index is 12.3. The van der Waals surface area contributed by atoms with E-state index < -0.39 is 17.2 Å². The van der Waals surface area contributed by atoms with E-state index >= 15 is 0 Å². The molecule has 0 heterocycles. The zero-order valence-electron chi connectivity index (χ0n) is 14.2. The molecule has 1 aromatic carbocycles. The van der Waals surface area contributed by atoms with Crippen LogP contribution in [0.4, 0.5) is 0 Å². The van der Waals surface area contributed by atoms with Crippen LogP contribution < -0.4 is 4.74 Å². The fraction of sp³-hybridized carbons (Fsp3) is 0.529. The zero-order valence-corrected chi connectivity index (χ0v) is 14.2. The normalized spacial score (nSPS) is 13.7. The van der Waals surface area contributed by atoms with Gasteiger partial charge in [-0.1, -0.05) is 12.1 Å². The Labute approximate surface area is 136 Å². The molecule has 1 unspecified atom stereocenters. The average Bonchev–Trinajstić information content (AvgIpc) is 2.51. The Balaban J connectivity index is 3.05. The van der Waals surface area contributed by atoms with Crippen molar-refractivity contribution in [2.45, 2.75) is 45.3 Å². The third kappa shape index (κ3) is 5.55. The molecule has 0 aromatic heterocycles. The average molecular weight is 321 g/mol. The zero-order chi connectivity index (χ0) is 17.5. The van der Waals surface area contributed by atoms with Crippen LogP contribution in [0, 0.1) is 11.3 Å². The van der Waals surface area contributed by atoms with Crippen molar-refractivity contribution >= 4 is 5.97 Å². The molecule has 0 bridgehead atoms. The van der Waals surface area contributed by atoms with Gasteiger partial charge in [0.15, 0.2) is 0 Å². The van der Waals surface area contributed by atoms with E-state index in [1.165, 1.54) is 0 Å². The molecule has 0 N–H and O–H groups in total. The predicted octanol–water partition coefficient (Wildman–Crippen LogP) is 2.81. The van der Waals surface area contributed by atoms with Crippen LogP contribution in [-0.4, -0.2) is 30.9 Å². The fourth-order valence-electron chi connectivity index (χ4n) is 1.71. The minimum absolute atomic E-state index is 0.00239. The van der Waals surface area contributed by atoms with Gasteiger partial charge in [0, 0.05) is 6.42 Å². The number of nitrogens with zero attached hydrogens (tertiary/aromatic N) is 1. The molecular weight excluding hydrogens is 298 g/mol. The lowest BCUT2D eigenvalue weighted by Crippen LogP contribution is -2.45. The summed E-state index contributed by atoms with van der Waals surface area (Å²) >= 11 is 0. The Morgan fingerprint density at radius 1 is 1.17 bits per heavy atom. The highest BCUT2D eigenvalue weighted by Crippen LogP contribution is 2.24. The largest absolute Gasteiger partial charge is 0.497 e. The van der Waals surface area contributed by atoms with E-state index in [0.29, 0.717) is 5.75 Å². The quantitative estimate of drug-likeness (QED) is 0.436. The third-order valence-corrected chi connectivity index (χ3v) is 2.83. The number of hydrogen-bond acceptors (Lipinski definition) is 6. The number of nitriles is 1. The lowest BCUT2D eigenvalue weighted by Gasteiger charge is -2.27. The number of benzene rings is 1. The van der Waals surface area contributed by atoms with E-state index in [0.717, 1.165) is 5.56 Å². The van der Waals surface area contributed by atoms with Gasteiger partial charge in [-0.15, -0.1) is 0 Å². The van der Waals surface area contributed by atoms with Crippen molar-refractivity contribution in [1.29, 1.82) is 5.26 Å². The number of methoxy groups -OCH3 is 1. The van der Waals surface area contributed by atoms with Crippen LogP contribution >= 0.6 is 0 Å². The number of carbonyl (C=O) groups excluding carboxylic acids is 1. The van der Waals surface area contributed by atoms with E-state index in [1.807, 2.05) is 6.07 Å². The molecule has 0 saturated heterocycles. The lowest BCUT2D eigenvalue weighted by atomic mass is 9.96. The summed E-state index contributed by atoms with van der Waals surface area (Å²) in [4.78, 5) is 22.7. The first-order chi connectivity index (χ1) is 10.8. The highest BCUT2D eigenvalue weighted by molar-refractivity contribution is 5.83. The van der Waals surface area contributed by atoms with Gasteiger partial charge < -0.3 is 9.47 Å². The van der Waals surface area contributed by atoms with Crippen molar-refractivity contribution in [1.82, 2.24) is 0 Å². The van der Waals surface area contributed by atoms with Gasteiger partial charge in [-0.25, -0.2) is 14.6 Å². The summed E-state index contributed by atoms with van der Waals surface area (Å²) in [5.41, 5.74) is -1.82. The standard InChI is InChI=1S/C17H23NO5/c1-6-21-15(19)17(12-18,23-22-16(2,3)4)11-13-7-9-14(20-5)10-8-13/h7-10H,6,11H2,1-5H3. The molecule has 0 aliphatic carbocycles. The smallest absolute Gasteiger partial charge is 0.357 e. The van der Waals surface area contributed by atoms with Crippen molar-refractivity contribution in [2.24, 2.45) is 0 Å². The highest BCUT2D eigenvalue weighted by atomic mass is 17.2. The molecule has 6 heteroatoms. The van der Waals surface area contributed by atoms with E-state index in [2.05, 4.69) is 0 Å². The van der Waals surface area contributed by atoms with Crippen LogP contribution in [0.15, 0.2) is 24.3 Å². The van der Waals surface area contributed by atoms with Gasteiger partial charge in [0.1, 0.15) is 11.8 Å². The fourth-order valence-corrected chi connectivity index (χ4v) is 1.71. The maximum atomic E-state index is 12.3. The Bertz CT molecular complexity index is 556. The summed E-state index contributed by atoms with van der Waals surface area (Å²) < 4.78 is 10.1. The van der Waals surface area contributed by atoms with Gasteiger partial charge in [0.25, 0.3) is 5.60 Å². The first-order valence-electron chi connectivity index (χ1n) is 7.34. The Morgan fingerprint density at radius 3 is 2.22 bits per heavy atom. The third-order valence-electron chi connectivity index (χ3n) is 2.83. The van der Waals surface area contributed by atoms with E-state index in [-0.39, 0.29) is 13.0 Å². The van der Waals surface area contributed by atoms with E-state index in [1.54, 1.807) is 59.1 Å². The van der Waals surface area contributed by atoms with Gasteiger partial charge in [0.2, 0.25) is 0 Å². The van der Waals surface area contributed by atoms with E-state index in [9.17, 15) is 10.1 Å². The Morgan fingerprint density at radius 2 is 1.78 bits per heavy atom. The predicted molar refractivity (Wildman–Crippen MR) is 83.6 cm³/mol. The topological polar surface area (TPSA) is 77.8 Å². The van der Waals surface area contributed by atoms with Crippen LogP contribution in [0.3, 0.4) is 0 Å². The highest BCUT2D eigenvalue weighted by Gasteiger charge is 2.45. The molecule has 6 nitrogen and oxygen atoms in total. The molecule has 0 fully saturated rings. The Kier molecular flexibility index (Phi) is 6.55. The molecule has 1 rings (SSSR count). The van der Waals surface area contributed by atoms with E-state index in [4.69, 9.17) is 19.2 Å². The second-order valence-corrected chi connectivity index (χ2v) is 5.96. The molecular formula is C17H23NO5. The summed E-state index contributed by atoms with van der Waals surface area (Å²) in [7, 11) is 1.56. The molecule has 0 spiro atoms. The van der Waals surface area contributed by atoms with Crippen molar-refractivity contribution in [3.63, 3.8) is 0 Å². The second kappa shape index (κ2) is 7.95. The Hall–Kier alpha value is -2.10. The van der Waals surface area contributed by atoms with Crippen LogP contribution in [0.5, 0.6) is 5.75 Å². The summed E-state index contributed by atoms with van der Waals surface area (Å²) in [5.74, 6) is -0.0955. The van der Waals surface area contributed by atoms with Crippen LogP contribution in [0.25, 0.3) is 0 Å². The second-order valence-electron chi connectivity index (χ2n) is 5.96. The molecule has 0 saturated carbocycles. The summed E-state index contributed by atoms with van der Waals surface area (Å²) in [5, 5.41) is 9.55. The summed E-state index contributed by atoms with van der Waals surface area (Å²) in [6, 6.07) is 8.89. The van der Waals surface area contributed by atoms with Crippen molar-refractivity contribution in [3.8, 4) is 11.8 Å². The first kappa shape index (κ1) is 18.9. The molecule has 1 atom stereocenters. The number of rotatable bonds is 7. The number of carbonyl (C=O) groups is 1. The van der Waals surface area contributed by atoms with Crippen LogP contribution in [0.1, 0.15) is 33.3 Å². The molecule has 23 heavy (non-hydrogen) atoms. The van der Waals surface area contributed by atoms with Gasteiger partial charge >= 0.3 is 5.97 Å². The number of hydrogen-bond donors (Lipinski definition) is 0. The van der Waals surface area contributed by atoms with Crippen molar-refractivity contribution in [2.75, 3.05) is 13.7 Å². The molecule has 1 aromatic rings. The van der Waals surface area contributed by atoms with Crippen molar-refractivity contribution in [3.05, 3.63) is 29.8 Å². The minimum atomic E-state index is -1.86. The van der Waals surface area contributed by atoms with Gasteiger partial charge in [-0.3, -0.25) is 0 Å². The summed E-state index contributed by atoms with van der Waals surface area (Å²) in [6.07, 6.45) is 0.00239. The molecule has 0 aliphatic heterocycles. The van der Waals surface area contributed by atoms with Gasteiger partial charge in [-0.05, 0) is 45.4 Å². The minimum Gasteiger partial charge on any atom is -0.497 e. The molecule has 126 valence electrons. The summed E-state index contributed by atoms with van der Waals surface area (Å²) in [6.45, 7) is 7.08. The van der Waals surface area contributed by atoms with Crippen LogP contribution in [-0.2, 0) is 25.7 Å². The first-order valence-corrected chi connectivity index (χ1v) is 7.34. The van der Waals surface area contributed by atoms with Crippen molar-refractivity contribution < 1.29 is 24.0 Å².